The van der Waals surface area contributed by atoms with Gasteiger partial charge >= 0.3 is 0 Å². The van der Waals surface area contributed by atoms with Crippen LogP contribution in [0.4, 0.5) is 0 Å². The Hall–Kier alpha value is -1.72. The van der Waals surface area contributed by atoms with Crippen molar-refractivity contribution in [3.8, 4) is 11.5 Å². The summed E-state index contributed by atoms with van der Waals surface area (Å²) in [4.78, 5) is 11.9. The van der Waals surface area contributed by atoms with Crippen molar-refractivity contribution in [2.24, 2.45) is 0 Å². The van der Waals surface area contributed by atoms with Gasteiger partial charge in [0.15, 0.2) is 6.61 Å². The molecule has 0 spiro atoms. The summed E-state index contributed by atoms with van der Waals surface area (Å²) in [6.45, 7) is 2.86. The second-order valence-electron chi connectivity index (χ2n) is 4.72. The van der Waals surface area contributed by atoms with Gasteiger partial charge < -0.3 is 14.8 Å². The molecule has 0 aliphatic rings. The van der Waals surface area contributed by atoms with Crippen LogP contribution in [-0.2, 0) is 11.3 Å². The van der Waals surface area contributed by atoms with Gasteiger partial charge in [-0.3, -0.25) is 4.79 Å². The van der Waals surface area contributed by atoms with Crippen LogP contribution >= 0.6 is 27.5 Å². The minimum absolute atomic E-state index is 0.0908. The van der Waals surface area contributed by atoms with Crippen molar-refractivity contribution >= 4 is 33.4 Å². The van der Waals surface area contributed by atoms with Gasteiger partial charge in [-0.25, -0.2) is 0 Å². The summed E-state index contributed by atoms with van der Waals surface area (Å²) in [7, 11) is 0. The van der Waals surface area contributed by atoms with E-state index < -0.39 is 0 Å². The van der Waals surface area contributed by atoms with Gasteiger partial charge in [0, 0.05) is 11.0 Å². The second kappa shape index (κ2) is 8.79. The molecule has 0 aliphatic heterocycles. The third-order valence-electron chi connectivity index (χ3n) is 2.95. The highest BCUT2D eigenvalue weighted by molar-refractivity contribution is 9.10. The van der Waals surface area contributed by atoms with Crippen molar-refractivity contribution in [3.63, 3.8) is 0 Å². The number of rotatable bonds is 7. The van der Waals surface area contributed by atoms with Crippen LogP contribution in [0.15, 0.2) is 46.9 Å². The van der Waals surface area contributed by atoms with Gasteiger partial charge in [0.1, 0.15) is 11.5 Å². The van der Waals surface area contributed by atoms with Crippen LogP contribution < -0.4 is 14.8 Å². The molecule has 23 heavy (non-hydrogen) atoms. The van der Waals surface area contributed by atoms with Gasteiger partial charge in [-0.1, -0.05) is 39.7 Å². The molecule has 0 unspecified atom stereocenters. The molecule has 2 aromatic rings. The van der Waals surface area contributed by atoms with Crippen LogP contribution in [0.3, 0.4) is 0 Å². The van der Waals surface area contributed by atoms with E-state index in [0.29, 0.717) is 23.9 Å². The highest BCUT2D eigenvalue weighted by Gasteiger charge is 2.06. The summed E-state index contributed by atoms with van der Waals surface area (Å²) >= 11 is 9.35. The van der Waals surface area contributed by atoms with E-state index in [9.17, 15) is 4.79 Å². The number of carbonyl (C=O) groups is 1. The van der Waals surface area contributed by atoms with Gasteiger partial charge in [0.05, 0.1) is 11.6 Å². The van der Waals surface area contributed by atoms with E-state index in [1.807, 2.05) is 31.2 Å². The van der Waals surface area contributed by atoms with E-state index in [4.69, 9.17) is 21.1 Å². The lowest BCUT2D eigenvalue weighted by Crippen LogP contribution is -2.28. The number of carbonyl (C=O) groups excluding carboxylic acids is 1. The van der Waals surface area contributed by atoms with E-state index in [-0.39, 0.29) is 12.5 Å². The zero-order valence-electron chi connectivity index (χ0n) is 12.6. The van der Waals surface area contributed by atoms with Gasteiger partial charge in [-0.2, -0.15) is 0 Å². The van der Waals surface area contributed by atoms with Crippen LogP contribution in [0.5, 0.6) is 11.5 Å². The average molecular weight is 399 g/mol. The van der Waals surface area contributed by atoms with E-state index >= 15 is 0 Å². The van der Waals surface area contributed by atoms with E-state index in [1.165, 1.54) is 0 Å². The van der Waals surface area contributed by atoms with Crippen LogP contribution in [0, 0.1) is 0 Å². The van der Waals surface area contributed by atoms with Gasteiger partial charge in [0.25, 0.3) is 5.91 Å². The largest absolute Gasteiger partial charge is 0.494 e. The quantitative estimate of drug-likeness (QED) is 0.760. The molecule has 2 rings (SSSR count). The number of benzene rings is 2. The van der Waals surface area contributed by atoms with Crippen LogP contribution in [-0.4, -0.2) is 19.1 Å². The molecule has 0 fully saturated rings. The van der Waals surface area contributed by atoms with E-state index in [2.05, 4.69) is 21.2 Å². The van der Waals surface area contributed by atoms with Crippen molar-refractivity contribution in [1.29, 1.82) is 0 Å². The molecule has 0 saturated carbocycles. The molecule has 4 nitrogen and oxygen atoms in total. The molecule has 2 aromatic carbocycles. The van der Waals surface area contributed by atoms with Crippen molar-refractivity contribution in [2.75, 3.05) is 13.2 Å². The minimum Gasteiger partial charge on any atom is -0.494 e. The Kier molecular flexibility index (Phi) is 6.74. The molecule has 0 aliphatic carbocycles. The first-order valence-corrected chi connectivity index (χ1v) is 8.32. The Morgan fingerprint density at radius 3 is 2.78 bits per heavy atom. The molecule has 0 aromatic heterocycles. The first-order chi connectivity index (χ1) is 11.1. The summed E-state index contributed by atoms with van der Waals surface area (Å²) in [6, 6.07) is 12.8. The summed E-state index contributed by atoms with van der Waals surface area (Å²) in [6.07, 6.45) is 0. The Morgan fingerprint density at radius 1 is 1.22 bits per heavy atom. The molecule has 1 amide bonds. The topological polar surface area (TPSA) is 47.6 Å². The fourth-order valence-electron chi connectivity index (χ4n) is 1.90. The molecule has 1 N–H and O–H groups in total. The smallest absolute Gasteiger partial charge is 0.258 e. The Labute approximate surface area is 148 Å². The molecule has 0 heterocycles. The molecule has 0 saturated heterocycles. The number of halogens is 2. The lowest BCUT2D eigenvalue weighted by molar-refractivity contribution is -0.123. The zero-order chi connectivity index (χ0) is 16.7. The molecule has 0 atom stereocenters. The summed E-state index contributed by atoms with van der Waals surface area (Å²) in [5.41, 5.74) is 0.964. The van der Waals surface area contributed by atoms with E-state index in [0.717, 1.165) is 15.8 Å². The maximum absolute atomic E-state index is 11.9. The Balaban J connectivity index is 1.82. The first-order valence-electron chi connectivity index (χ1n) is 7.14. The van der Waals surface area contributed by atoms with E-state index in [1.54, 1.807) is 18.2 Å². The first kappa shape index (κ1) is 17.6. The zero-order valence-corrected chi connectivity index (χ0v) is 15.0. The highest BCUT2D eigenvalue weighted by Crippen LogP contribution is 2.27. The van der Waals surface area contributed by atoms with Gasteiger partial charge in [-0.15, -0.1) is 0 Å². The molecular formula is C17H17BrClNO3. The van der Waals surface area contributed by atoms with Gasteiger partial charge in [-0.05, 0) is 42.8 Å². The predicted octanol–water partition coefficient (Wildman–Crippen LogP) is 4.20. The average Bonchev–Trinajstić information content (AvgIpc) is 2.53. The molecule has 122 valence electrons. The maximum Gasteiger partial charge on any atom is 0.258 e. The third kappa shape index (κ3) is 5.77. The fourth-order valence-corrected chi connectivity index (χ4v) is 2.63. The second-order valence-corrected chi connectivity index (χ2v) is 6.04. The van der Waals surface area contributed by atoms with Crippen molar-refractivity contribution in [1.82, 2.24) is 5.32 Å². The third-order valence-corrected chi connectivity index (χ3v) is 3.74. The standard InChI is InChI=1S/C17H17BrClNO3/c1-2-22-14-5-3-4-12(8-14)10-20-17(21)11-23-16-7-6-13(18)9-15(16)19/h3-9H,2,10-11H2,1H3,(H,20,21). The lowest BCUT2D eigenvalue weighted by Gasteiger charge is -2.10. The number of hydrogen-bond donors (Lipinski definition) is 1. The molecule has 6 heteroatoms. The summed E-state index contributed by atoms with van der Waals surface area (Å²) in [5, 5.41) is 3.25. The molecular weight excluding hydrogens is 382 g/mol. The van der Waals surface area contributed by atoms with Crippen LogP contribution in [0.1, 0.15) is 12.5 Å². The SMILES string of the molecule is CCOc1cccc(CNC(=O)COc2ccc(Br)cc2Cl)c1. The van der Waals surface area contributed by atoms with Crippen molar-refractivity contribution < 1.29 is 14.3 Å². The molecule has 0 bridgehead atoms. The monoisotopic (exact) mass is 397 g/mol. The van der Waals surface area contributed by atoms with Crippen LogP contribution in [0.25, 0.3) is 0 Å². The number of nitrogens with one attached hydrogen (secondary N) is 1. The van der Waals surface area contributed by atoms with Crippen molar-refractivity contribution in [2.45, 2.75) is 13.5 Å². The number of ether oxygens (including phenoxy) is 2. The maximum atomic E-state index is 11.9. The summed E-state index contributed by atoms with van der Waals surface area (Å²) < 4.78 is 11.7. The minimum atomic E-state index is -0.217. The number of amides is 1. The number of hydrogen-bond acceptors (Lipinski definition) is 3. The lowest BCUT2D eigenvalue weighted by atomic mass is 10.2. The van der Waals surface area contributed by atoms with Gasteiger partial charge in [0.2, 0.25) is 0 Å². The predicted molar refractivity (Wildman–Crippen MR) is 94.1 cm³/mol. The summed E-state index contributed by atoms with van der Waals surface area (Å²) in [5.74, 6) is 1.05. The fraction of sp³-hybridized carbons (Fsp3) is 0.235. The highest BCUT2D eigenvalue weighted by atomic mass is 79.9. The Morgan fingerprint density at radius 2 is 2.04 bits per heavy atom. The normalized spacial score (nSPS) is 10.2. The van der Waals surface area contributed by atoms with Crippen LogP contribution in [0.2, 0.25) is 5.02 Å². The van der Waals surface area contributed by atoms with Crippen molar-refractivity contribution in [3.05, 3.63) is 57.5 Å². The molecule has 0 radical (unpaired) electrons. The Bertz CT molecular complexity index is 679.